The molecule has 1 aliphatic heterocycles. The zero-order valence-electron chi connectivity index (χ0n) is 15.1. The summed E-state index contributed by atoms with van der Waals surface area (Å²) < 4.78 is 5.73. The zero-order valence-corrected chi connectivity index (χ0v) is 15.1. The zero-order chi connectivity index (χ0) is 19.1. The number of ketones is 2. The second-order valence-electron chi connectivity index (χ2n) is 6.73. The maximum atomic E-state index is 12.8. The molecule has 0 radical (unpaired) electrons. The van der Waals surface area contributed by atoms with Gasteiger partial charge in [0, 0.05) is 12.1 Å². The molecule has 1 saturated heterocycles. The number of imidazole rings is 1. The van der Waals surface area contributed by atoms with Crippen molar-refractivity contribution in [2.24, 2.45) is 5.92 Å². The quantitative estimate of drug-likeness (QED) is 0.553. The Kier molecular flexibility index (Phi) is 4.14. The molecule has 2 unspecified atom stereocenters. The average molecular weight is 365 g/mol. The molecule has 0 aliphatic carbocycles. The van der Waals surface area contributed by atoms with Crippen LogP contribution in [0.5, 0.6) is 0 Å². The molecule has 1 N–H and O–H groups in total. The van der Waals surface area contributed by atoms with Crippen molar-refractivity contribution in [1.29, 1.82) is 0 Å². The number of benzene rings is 1. The largest absolute Gasteiger partial charge is 0.464 e. The molecular weight excluding hydrogens is 346 g/mol. The number of aryl methyl sites for hydroxylation is 1. The number of hydrogen-bond donors (Lipinski definition) is 1. The van der Waals surface area contributed by atoms with Crippen molar-refractivity contribution >= 4 is 34.2 Å². The second kappa shape index (κ2) is 6.50. The fraction of sp³-hybridized carbons (Fsp3) is 0.300. The van der Waals surface area contributed by atoms with E-state index in [0.29, 0.717) is 23.6 Å². The molecule has 7 heteroatoms. The van der Waals surface area contributed by atoms with Crippen LogP contribution >= 0.6 is 0 Å². The van der Waals surface area contributed by atoms with Crippen molar-refractivity contribution in [3.8, 4) is 0 Å². The van der Waals surface area contributed by atoms with E-state index in [1.807, 2.05) is 6.92 Å². The van der Waals surface area contributed by atoms with E-state index in [4.69, 9.17) is 4.42 Å². The Morgan fingerprint density at radius 1 is 1.26 bits per heavy atom. The van der Waals surface area contributed by atoms with Gasteiger partial charge in [0.25, 0.3) is 5.91 Å². The van der Waals surface area contributed by atoms with Gasteiger partial charge in [0.05, 0.1) is 17.4 Å². The van der Waals surface area contributed by atoms with Gasteiger partial charge in [-0.2, -0.15) is 0 Å². The number of furan rings is 1. The molecule has 2 aromatic heterocycles. The fourth-order valence-electron chi connectivity index (χ4n) is 3.65. The molecule has 138 valence electrons. The van der Waals surface area contributed by atoms with Crippen LogP contribution in [-0.4, -0.2) is 27.4 Å². The Labute approximate surface area is 155 Å². The number of rotatable bonds is 5. The van der Waals surface area contributed by atoms with Crippen LogP contribution in [0.4, 0.5) is 5.69 Å². The van der Waals surface area contributed by atoms with Gasteiger partial charge in [-0.05, 0) is 43.7 Å². The molecule has 1 amide bonds. The molecule has 2 atom stereocenters. The molecule has 1 fully saturated rings. The number of anilines is 1. The smallest absolute Gasteiger partial charge is 0.295 e. The highest BCUT2D eigenvalue weighted by Crippen LogP contribution is 2.41. The molecular formula is C20H19N3O4. The lowest BCUT2D eigenvalue weighted by Crippen LogP contribution is -2.30. The van der Waals surface area contributed by atoms with Gasteiger partial charge in [-0.1, -0.05) is 6.92 Å². The van der Waals surface area contributed by atoms with Crippen LogP contribution in [0.3, 0.4) is 0 Å². The van der Waals surface area contributed by atoms with Crippen LogP contribution in [0.2, 0.25) is 0 Å². The minimum absolute atomic E-state index is 0.236. The number of nitrogens with zero attached hydrogens (tertiary/aromatic N) is 2. The van der Waals surface area contributed by atoms with E-state index in [9.17, 15) is 14.4 Å². The van der Waals surface area contributed by atoms with Crippen molar-refractivity contribution in [2.45, 2.75) is 32.7 Å². The summed E-state index contributed by atoms with van der Waals surface area (Å²) in [5.41, 5.74) is 2.02. The standard InChI is InChI=1S/C20H19N3O4/c1-3-4-15(24)17-18(16-8-5-11(2)27-16)23(20(26)19(17)25)12-6-7-13-14(9-12)22-10-21-13/h5-10,17-18H,3-4H2,1-2H3,(H,21,22). The van der Waals surface area contributed by atoms with Crippen molar-refractivity contribution in [3.05, 3.63) is 48.2 Å². The van der Waals surface area contributed by atoms with Gasteiger partial charge in [-0.3, -0.25) is 19.3 Å². The van der Waals surface area contributed by atoms with E-state index in [-0.39, 0.29) is 12.2 Å². The van der Waals surface area contributed by atoms with E-state index in [2.05, 4.69) is 9.97 Å². The van der Waals surface area contributed by atoms with Crippen molar-refractivity contribution in [2.75, 3.05) is 4.90 Å². The monoisotopic (exact) mass is 365 g/mol. The van der Waals surface area contributed by atoms with Gasteiger partial charge in [0.2, 0.25) is 5.78 Å². The minimum atomic E-state index is -1.06. The van der Waals surface area contributed by atoms with Gasteiger partial charge in [0.1, 0.15) is 29.3 Å². The van der Waals surface area contributed by atoms with Crippen LogP contribution in [0.25, 0.3) is 11.0 Å². The fourth-order valence-corrected chi connectivity index (χ4v) is 3.65. The highest BCUT2D eigenvalue weighted by Gasteiger charge is 2.53. The number of hydrogen-bond acceptors (Lipinski definition) is 5. The van der Waals surface area contributed by atoms with E-state index in [1.165, 1.54) is 4.90 Å². The first-order chi connectivity index (χ1) is 13.0. The topological polar surface area (TPSA) is 96.3 Å². The molecule has 1 aliphatic rings. The summed E-state index contributed by atoms with van der Waals surface area (Å²) in [5.74, 6) is -1.58. The van der Waals surface area contributed by atoms with Crippen LogP contribution in [0, 0.1) is 12.8 Å². The number of Topliss-reactive ketones (excluding diaryl/α,β-unsaturated/α-hetero) is 2. The number of amides is 1. The van der Waals surface area contributed by atoms with Crippen LogP contribution in [0.15, 0.2) is 41.1 Å². The molecule has 27 heavy (non-hydrogen) atoms. The van der Waals surface area contributed by atoms with Crippen molar-refractivity contribution in [1.82, 2.24) is 9.97 Å². The second-order valence-corrected chi connectivity index (χ2v) is 6.73. The highest BCUT2D eigenvalue weighted by atomic mass is 16.3. The van der Waals surface area contributed by atoms with E-state index < -0.39 is 23.7 Å². The Morgan fingerprint density at radius 3 is 2.78 bits per heavy atom. The van der Waals surface area contributed by atoms with Crippen molar-refractivity contribution < 1.29 is 18.8 Å². The molecule has 1 aromatic carbocycles. The summed E-state index contributed by atoms with van der Waals surface area (Å²) >= 11 is 0. The van der Waals surface area contributed by atoms with Gasteiger partial charge >= 0.3 is 0 Å². The molecule has 7 nitrogen and oxygen atoms in total. The van der Waals surface area contributed by atoms with Gasteiger partial charge in [-0.15, -0.1) is 0 Å². The third-order valence-corrected chi connectivity index (χ3v) is 4.88. The first-order valence-corrected chi connectivity index (χ1v) is 8.91. The molecule has 0 saturated carbocycles. The predicted molar refractivity (Wildman–Crippen MR) is 98.2 cm³/mol. The average Bonchev–Trinajstić information content (AvgIpc) is 3.33. The van der Waals surface area contributed by atoms with Crippen LogP contribution in [0.1, 0.15) is 37.3 Å². The van der Waals surface area contributed by atoms with Crippen molar-refractivity contribution in [3.63, 3.8) is 0 Å². The first-order valence-electron chi connectivity index (χ1n) is 8.91. The first kappa shape index (κ1) is 17.2. The molecule has 0 spiro atoms. The number of fused-ring (bicyclic) bond motifs is 1. The molecule has 0 bridgehead atoms. The molecule has 3 aromatic rings. The predicted octanol–water partition coefficient (Wildman–Crippen LogP) is 3.11. The number of H-pyrrole nitrogens is 1. The van der Waals surface area contributed by atoms with E-state index in [1.54, 1.807) is 43.6 Å². The maximum Gasteiger partial charge on any atom is 0.295 e. The number of carbonyl (C=O) groups is 3. The lowest BCUT2D eigenvalue weighted by atomic mass is 9.90. The summed E-state index contributed by atoms with van der Waals surface area (Å²) in [7, 11) is 0. The Morgan fingerprint density at radius 2 is 2.07 bits per heavy atom. The molecule has 3 heterocycles. The van der Waals surface area contributed by atoms with Crippen LogP contribution in [-0.2, 0) is 14.4 Å². The third-order valence-electron chi connectivity index (χ3n) is 4.88. The van der Waals surface area contributed by atoms with Gasteiger partial charge in [0.15, 0.2) is 0 Å². The number of nitrogens with one attached hydrogen (secondary N) is 1. The molecule has 4 rings (SSSR count). The minimum Gasteiger partial charge on any atom is -0.464 e. The summed E-state index contributed by atoms with van der Waals surface area (Å²) in [6, 6.07) is 7.95. The van der Waals surface area contributed by atoms with Crippen LogP contribution < -0.4 is 4.90 Å². The Hall–Kier alpha value is -3.22. The summed E-state index contributed by atoms with van der Waals surface area (Å²) in [5, 5.41) is 0. The number of aromatic amines is 1. The lowest BCUT2D eigenvalue weighted by Gasteiger charge is -2.25. The maximum absolute atomic E-state index is 12.8. The SMILES string of the molecule is CCCC(=O)C1C(=O)C(=O)N(c2ccc3nc[nH]c3c2)C1c1ccc(C)o1. The highest BCUT2D eigenvalue weighted by molar-refractivity contribution is 6.48. The lowest BCUT2D eigenvalue weighted by molar-refractivity contribution is -0.139. The Balaban J connectivity index is 1.85. The number of aromatic nitrogens is 2. The summed E-state index contributed by atoms with van der Waals surface area (Å²) in [6.45, 7) is 3.65. The van der Waals surface area contributed by atoms with Gasteiger partial charge < -0.3 is 9.40 Å². The Bertz CT molecular complexity index is 1050. The van der Waals surface area contributed by atoms with E-state index in [0.717, 1.165) is 11.0 Å². The van der Waals surface area contributed by atoms with E-state index >= 15 is 0 Å². The third kappa shape index (κ3) is 2.75. The number of carbonyl (C=O) groups excluding carboxylic acids is 3. The summed E-state index contributed by atoms with van der Waals surface area (Å²) in [4.78, 5) is 46.8. The van der Waals surface area contributed by atoms with Gasteiger partial charge in [-0.25, -0.2) is 4.98 Å². The normalized spacial score (nSPS) is 20.0. The summed E-state index contributed by atoms with van der Waals surface area (Å²) in [6.07, 6.45) is 2.42.